The third-order valence-corrected chi connectivity index (χ3v) is 2.19. The number of rotatable bonds is 4. The fourth-order valence-electron chi connectivity index (χ4n) is 1.07. The van der Waals surface area contributed by atoms with Crippen LogP contribution in [0.3, 0.4) is 0 Å². The molecule has 0 fully saturated rings. The summed E-state index contributed by atoms with van der Waals surface area (Å²) in [5, 5.41) is 2.77. The number of carbonyl (C=O) groups excluding carboxylic acids is 1. The SMILES string of the molecule is C#C/C=C(Br)\C=C(/C)C(C=NC)NC(C)=O. The summed E-state index contributed by atoms with van der Waals surface area (Å²) in [5.41, 5.74) is 0.944. The maximum atomic E-state index is 11.0. The topological polar surface area (TPSA) is 41.5 Å². The van der Waals surface area contributed by atoms with Crippen molar-refractivity contribution in [3.63, 3.8) is 0 Å². The number of amides is 1. The highest BCUT2D eigenvalue weighted by Gasteiger charge is 2.08. The van der Waals surface area contributed by atoms with Crippen molar-refractivity contribution in [2.45, 2.75) is 19.9 Å². The van der Waals surface area contributed by atoms with Gasteiger partial charge in [-0.3, -0.25) is 9.79 Å². The number of nitrogens with zero attached hydrogens (tertiary/aromatic N) is 1. The van der Waals surface area contributed by atoms with Crippen LogP contribution in [0.1, 0.15) is 13.8 Å². The second-order valence-corrected chi connectivity index (χ2v) is 4.09. The van der Waals surface area contributed by atoms with Gasteiger partial charge in [-0.25, -0.2) is 0 Å². The van der Waals surface area contributed by atoms with Crippen LogP contribution in [0.2, 0.25) is 0 Å². The van der Waals surface area contributed by atoms with Crippen molar-refractivity contribution in [2.75, 3.05) is 7.05 Å². The van der Waals surface area contributed by atoms with Crippen LogP contribution in [-0.2, 0) is 4.79 Å². The largest absolute Gasteiger partial charge is 0.345 e. The average Bonchev–Trinajstić information content (AvgIpc) is 2.16. The first kappa shape index (κ1) is 14.7. The Balaban J connectivity index is 4.87. The molecule has 0 radical (unpaired) electrons. The molecular formula is C12H15BrN2O. The van der Waals surface area contributed by atoms with E-state index in [0.717, 1.165) is 10.1 Å². The van der Waals surface area contributed by atoms with Crippen molar-refractivity contribution in [1.29, 1.82) is 0 Å². The molecule has 1 amide bonds. The Bertz CT molecular complexity index is 375. The van der Waals surface area contributed by atoms with Gasteiger partial charge in [0.05, 0.1) is 6.04 Å². The number of carbonyl (C=O) groups is 1. The molecule has 16 heavy (non-hydrogen) atoms. The fraction of sp³-hybridized carbons (Fsp3) is 0.333. The van der Waals surface area contributed by atoms with E-state index in [9.17, 15) is 4.79 Å². The first-order chi connectivity index (χ1) is 7.51. The molecule has 1 atom stereocenters. The zero-order valence-electron chi connectivity index (χ0n) is 9.62. The number of allylic oxidation sites excluding steroid dienone is 3. The van der Waals surface area contributed by atoms with Gasteiger partial charge in [-0.05, 0) is 18.6 Å². The summed E-state index contributed by atoms with van der Waals surface area (Å²) < 4.78 is 0.785. The van der Waals surface area contributed by atoms with Gasteiger partial charge in [0, 0.05) is 30.7 Å². The van der Waals surface area contributed by atoms with Crippen molar-refractivity contribution in [2.24, 2.45) is 4.99 Å². The van der Waals surface area contributed by atoms with E-state index in [-0.39, 0.29) is 11.9 Å². The highest BCUT2D eigenvalue weighted by Crippen LogP contribution is 2.11. The van der Waals surface area contributed by atoms with Crippen LogP contribution in [0.4, 0.5) is 0 Å². The van der Waals surface area contributed by atoms with Crippen molar-refractivity contribution in [3.8, 4) is 12.3 Å². The Morgan fingerprint density at radius 2 is 2.19 bits per heavy atom. The molecule has 1 unspecified atom stereocenters. The molecular weight excluding hydrogens is 268 g/mol. The molecule has 0 aromatic carbocycles. The quantitative estimate of drug-likeness (QED) is 0.479. The average molecular weight is 283 g/mol. The number of aliphatic imine (C=N–C) groups is 1. The van der Waals surface area contributed by atoms with Crippen LogP contribution in [-0.4, -0.2) is 25.2 Å². The van der Waals surface area contributed by atoms with Crippen LogP contribution in [0.25, 0.3) is 0 Å². The van der Waals surface area contributed by atoms with E-state index in [4.69, 9.17) is 6.42 Å². The summed E-state index contributed by atoms with van der Waals surface area (Å²) in [5.74, 6) is 2.31. The molecule has 0 aliphatic heterocycles. The first-order valence-corrected chi connectivity index (χ1v) is 5.50. The lowest BCUT2D eigenvalue weighted by Crippen LogP contribution is -2.35. The van der Waals surface area contributed by atoms with E-state index in [0.29, 0.717) is 0 Å². The van der Waals surface area contributed by atoms with Crippen LogP contribution < -0.4 is 5.32 Å². The van der Waals surface area contributed by atoms with E-state index in [2.05, 4.69) is 32.2 Å². The molecule has 0 heterocycles. The molecule has 3 nitrogen and oxygen atoms in total. The number of nitrogens with one attached hydrogen (secondary N) is 1. The zero-order valence-corrected chi connectivity index (χ0v) is 11.2. The monoisotopic (exact) mass is 282 g/mol. The lowest BCUT2D eigenvalue weighted by atomic mass is 10.1. The summed E-state index contributed by atoms with van der Waals surface area (Å²) in [6, 6.07) is -0.207. The minimum atomic E-state index is -0.207. The van der Waals surface area contributed by atoms with Gasteiger partial charge in [0.2, 0.25) is 5.91 Å². The number of terminal acetylenes is 1. The predicted molar refractivity (Wildman–Crippen MR) is 71.6 cm³/mol. The lowest BCUT2D eigenvalue weighted by molar-refractivity contribution is -0.119. The summed E-state index contributed by atoms with van der Waals surface area (Å²) in [6.07, 6.45) is 10.3. The van der Waals surface area contributed by atoms with Gasteiger partial charge in [0.1, 0.15) is 0 Å². The molecule has 4 heteroatoms. The molecule has 0 aromatic rings. The normalized spacial score (nSPS) is 14.7. The summed E-state index contributed by atoms with van der Waals surface area (Å²) in [6.45, 7) is 3.37. The molecule has 0 saturated carbocycles. The van der Waals surface area contributed by atoms with Crippen LogP contribution in [0, 0.1) is 12.3 Å². The first-order valence-electron chi connectivity index (χ1n) is 4.70. The Labute approximate surface area is 105 Å². The third kappa shape index (κ3) is 6.20. The lowest BCUT2D eigenvalue weighted by Gasteiger charge is -2.13. The highest BCUT2D eigenvalue weighted by molar-refractivity contribution is 9.11. The van der Waals surface area contributed by atoms with Crippen LogP contribution in [0.15, 0.2) is 27.2 Å². The molecule has 0 aromatic heterocycles. The van der Waals surface area contributed by atoms with Gasteiger partial charge in [0.25, 0.3) is 0 Å². The molecule has 0 rings (SSSR count). The molecule has 86 valence electrons. The van der Waals surface area contributed by atoms with Crippen molar-refractivity contribution >= 4 is 28.1 Å². The Morgan fingerprint density at radius 3 is 2.62 bits per heavy atom. The van der Waals surface area contributed by atoms with Crippen LogP contribution in [0.5, 0.6) is 0 Å². The van der Waals surface area contributed by atoms with Crippen molar-refractivity contribution in [3.05, 3.63) is 22.2 Å². The van der Waals surface area contributed by atoms with E-state index >= 15 is 0 Å². The Kier molecular flexibility index (Phi) is 7.23. The summed E-state index contributed by atoms with van der Waals surface area (Å²) in [4.78, 5) is 14.9. The molecule has 0 aliphatic carbocycles. The van der Waals surface area contributed by atoms with Gasteiger partial charge in [-0.1, -0.05) is 21.9 Å². The second kappa shape index (κ2) is 7.89. The highest BCUT2D eigenvalue weighted by atomic mass is 79.9. The smallest absolute Gasteiger partial charge is 0.217 e. The number of halogens is 1. The van der Waals surface area contributed by atoms with E-state index < -0.39 is 0 Å². The molecule has 0 saturated heterocycles. The third-order valence-electron chi connectivity index (χ3n) is 1.73. The van der Waals surface area contributed by atoms with E-state index in [1.54, 1.807) is 19.3 Å². The molecule has 0 spiro atoms. The molecule has 0 aliphatic rings. The van der Waals surface area contributed by atoms with E-state index in [1.165, 1.54) is 6.92 Å². The Morgan fingerprint density at radius 1 is 1.56 bits per heavy atom. The van der Waals surface area contributed by atoms with Crippen molar-refractivity contribution < 1.29 is 4.79 Å². The predicted octanol–water partition coefficient (Wildman–Crippen LogP) is 2.05. The maximum absolute atomic E-state index is 11.0. The summed E-state index contributed by atoms with van der Waals surface area (Å²) in [7, 11) is 1.66. The fourth-order valence-corrected chi connectivity index (χ4v) is 1.56. The van der Waals surface area contributed by atoms with Gasteiger partial charge >= 0.3 is 0 Å². The number of hydrogen-bond donors (Lipinski definition) is 1. The van der Waals surface area contributed by atoms with Crippen LogP contribution >= 0.6 is 15.9 Å². The van der Waals surface area contributed by atoms with Crippen molar-refractivity contribution in [1.82, 2.24) is 5.32 Å². The van der Waals surface area contributed by atoms with E-state index in [1.807, 2.05) is 13.0 Å². The zero-order chi connectivity index (χ0) is 12.6. The molecule has 0 bridgehead atoms. The number of hydrogen-bond acceptors (Lipinski definition) is 2. The standard InChI is InChI=1S/C12H15BrN2O/c1-5-6-11(13)7-9(2)12(8-14-4)15-10(3)16/h1,6-8,12H,2-4H3,(H,15,16)/b9-7+,11-6+,14-8?. The minimum absolute atomic E-state index is 0.102. The Hall–Kier alpha value is -1.34. The maximum Gasteiger partial charge on any atom is 0.217 e. The van der Waals surface area contributed by atoms with Gasteiger partial charge in [-0.15, -0.1) is 6.42 Å². The van der Waals surface area contributed by atoms with Gasteiger partial charge < -0.3 is 5.32 Å². The second-order valence-electron chi connectivity index (χ2n) is 3.17. The van der Waals surface area contributed by atoms with Gasteiger partial charge in [0.15, 0.2) is 0 Å². The minimum Gasteiger partial charge on any atom is -0.345 e. The molecule has 1 N–H and O–H groups in total. The van der Waals surface area contributed by atoms with Gasteiger partial charge in [-0.2, -0.15) is 0 Å². The summed E-state index contributed by atoms with van der Waals surface area (Å²) >= 11 is 3.31.